The maximum atomic E-state index is 10.4. The first kappa shape index (κ1) is 7.54. The van der Waals surface area contributed by atoms with Gasteiger partial charge in [0.2, 0.25) is 0 Å². The van der Waals surface area contributed by atoms with Crippen LogP contribution in [0.3, 0.4) is 0 Å². The molecule has 1 rings (SSSR count). The minimum Gasteiger partial charge on any atom is -0.480 e. The number of aliphatic carboxylic acids is 1. The van der Waals surface area contributed by atoms with E-state index in [1.54, 1.807) is 0 Å². The summed E-state index contributed by atoms with van der Waals surface area (Å²) in [4.78, 5) is 10.4. The van der Waals surface area contributed by atoms with Crippen molar-refractivity contribution < 1.29 is 9.90 Å². The zero-order valence-electron chi connectivity index (χ0n) is 6.13. The van der Waals surface area contributed by atoms with Crippen LogP contribution >= 0.6 is 0 Å². The number of hydrogen-bond acceptors (Lipinski definition) is 2. The van der Waals surface area contributed by atoms with E-state index in [0.717, 1.165) is 19.3 Å². The number of hydrogen-bond donors (Lipinski definition) is 2. The standard InChI is InChI=1S/C7H13NO2/c1-2-5-3-4-6(8-5)7(9)10/h5-6,8H,2-4H2,1H3,(H,9,10)/t5-,6+/m1/s1. The van der Waals surface area contributed by atoms with Gasteiger partial charge in [0.25, 0.3) is 0 Å². The molecule has 10 heavy (non-hydrogen) atoms. The molecular formula is C7H13NO2. The van der Waals surface area contributed by atoms with E-state index in [1.807, 2.05) is 0 Å². The lowest BCUT2D eigenvalue weighted by molar-refractivity contribution is -0.139. The van der Waals surface area contributed by atoms with Crippen LogP contribution in [-0.2, 0) is 4.79 Å². The maximum absolute atomic E-state index is 10.4. The summed E-state index contributed by atoms with van der Waals surface area (Å²) in [5.74, 6) is -0.712. The summed E-state index contributed by atoms with van der Waals surface area (Å²) in [6.07, 6.45) is 2.82. The minimum absolute atomic E-state index is 0.287. The van der Waals surface area contributed by atoms with Crippen molar-refractivity contribution in [1.29, 1.82) is 0 Å². The Morgan fingerprint density at radius 2 is 2.40 bits per heavy atom. The highest BCUT2D eigenvalue weighted by Gasteiger charge is 2.26. The fraction of sp³-hybridized carbons (Fsp3) is 0.857. The minimum atomic E-state index is -0.712. The van der Waals surface area contributed by atoms with E-state index >= 15 is 0 Å². The number of carbonyl (C=O) groups is 1. The van der Waals surface area contributed by atoms with Crippen LogP contribution in [0.5, 0.6) is 0 Å². The van der Waals surface area contributed by atoms with Gasteiger partial charge >= 0.3 is 5.97 Å². The van der Waals surface area contributed by atoms with E-state index in [1.165, 1.54) is 0 Å². The molecule has 0 unspecified atom stereocenters. The van der Waals surface area contributed by atoms with Crippen LogP contribution in [0, 0.1) is 0 Å². The molecule has 1 saturated heterocycles. The molecule has 0 saturated carbocycles. The quantitative estimate of drug-likeness (QED) is 0.595. The molecule has 3 heteroatoms. The molecule has 1 aliphatic rings. The van der Waals surface area contributed by atoms with Crippen molar-refractivity contribution in [3.8, 4) is 0 Å². The predicted molar refractivity (Wildman–Crippen MR) is 37.9 cm³/mol. The molecule has 1 heterocycles. The Balaban J connectivity index is 2.35. The lowest BCUT2D eigenvalue weighted by atomic mass is 10.1. The Kier molecular flexibility index (Phi) is 2.27. The van der Waals surface area contributed by atoms with Gasteiger partial charge in [0, 0.05) is 6.04 Å². The summed E-state index contributed by atoms with van der Waals surface area (Å²) < 4.78 is 0. The maximum Gasteiger partial charge on any atom is 0.320 e. The summed E-state index contributed by atoms with van der Waals surface area (Å²) in [5.41, 5.74) is 0. The van der Waals surface area contributed by atoms with Gasteiger partial charge in [-0.15, -0.1) is 0 Å². The lowest BCUT2D eigenvalue weighted by Crippen LogP contribution is -2.34. The first-order valence-corrected chi connectivity index (χ1v) is 3.73. The van der Waals surface area contributed by atoms with Crippen molar-refractivity contribution in [3.63, 3.8) is 0 Å². The molecular weight excluding hydrogens is 130 g/mol. The second kappa shape index (κ2) is 3.01. The zero-order valence-corrected chi connectivity index (χ0v) is 6.13. The smallest absolute Gasteiger partial charge is 0.320 e. The Labute approximate surface area is 60.4 Å². The Morgan fingerprint density at radius 1 is 1.70 bits per heavy atom. The van der Waals surface area contributed by atoms with Crippen LogP contribution in [0.2, 0.25) is 0 Å². The number of carboxylic acids is 1. The summed E-state index contributed by atoms with van der Waals surface area (Å²) in [6.45, 7) is 2.07. The molecule has 0 aromatic heterocycles. The van der Waals surface area contributed by atoms with Gasteiger partial charge < -0.3 is 10.4 Å². The molecule has 0 aromatic rings. The van der Waals surface area contributed by atoms with Crippen LogP contribution < -0.4 is 5.32 Å². The molecule has 0 bridgehead atoms. The first-order valence-electron chi connectivity index (χ1n) is 3.73. The molecule has 2 atom stereocenters. The monoisotopic (exact) mass is 143 g/mol. The van der Waals surface area contributed by atoms with Gasteiger partial charge in [-0.05, 0) is 19.3 Å². The topological polar surface area (TPSA) is 49.3 Å². The normalized spacial score (nSPS) is 32.5. The molecule has 1 fully saturated rings. The van der Waals surface area contributed by atoms with Gasteiger partial charge in [-0.3, -0.25) is 4.79 Å². The fourth-order valence-electron chi connectivity index (χ4n) is 1.34. The third kappa shape index (κ3) is 1.48. The third-order valence-corrected chi connectivity index (χ3v) is 2.03. The highest BCUT2D eigenvalue weighted by molar-refractivity contribution is 5.73. The number of nitrogens with one attached hydrogen (secondary N) is 1. The van der Waals surface area contributed by atoms with Gasteiger partial charge in [0.1, 0.15) is 6.04 Å². The molecule has 2 N–H and O–H groups in total. The van der Waals surface area contributed by atoms with Crippen LogP contribution in [0.25, 0.3) is 0 Å². The number of carboxylic acid groups (broad SMARTS) is 1. The van der Waals surface area contributed by atoms with E-state index in [0.29, 0.717) is 6.04 Å². The van der Waals surface area contributed by atoms with Crippen molar-refractivity contribution in [2.24, 2.45) is 0 Å². The Morgan fingerprint density at radius 3 is 2.70 bits per heavy atom. The molecule has 58 valence electrons. The highest BCUT2D eigenvalue weighted by atomic mass is 16.4. The van der Waals surface area contributed by atoms with Crippen molar-refractivity contribution in [2.75, 3.05) is 0 Å². The van der Waals surface area contributed by atoms with E-state index in [4.69, 9.17) is 5.11 Å². The van der Waals surface area contributed by atoms with E-state index < -0.39 is 5.97 Å². The SMILES string of the molecule is CC[C@@H]1CC[C@@H](C(=O)O)N1. The van der Waals surface area contributed by atoms with Crippen LogP contribution in [0.4, 0.5) is 0 Å². The second-order valence-corrected chi connectivity index (χ2v) is 2.74. The van der Waals surface area contributed by atoms with E-state index in [9.17, 15) is 4.79 Å². The second-order valence-electron chi connectivity index (χ2n) is 2.74. The van der Waals surface area contributed by atoms with Gasteiger partial charge in [-0.1, -0.05) is 6.92 Å². The highest BCUT2D eigenvalue weighted by Crippen LogP contribution is 2.14. The van der Waals surface area contributed by atoms with Crippen LogP contribution in [0.15, 0.2) is 0 Å². The van der Waals surface area contributed by atoms with E-state index in [-0.39, 0.29) is 6.04 Å². The van der Waals surface area contributed by atoms with Crippen molar-refractivity contribution in [1.82, 2.24) is 5.32 Å². The summed E-state index contributed by atoms with van der Waals surface area (Å²) in [6, 6.07) is 0.144. The van der Waals surface area contributed by atoms with Crippen molar-refractivity contribution >= 4 is 5.97 Å². The van der Waals surface area contributed by atoms with Crippen LogP contribution in [0.1, 0.15) is 26.2 Å². The molecule has 0 amide bonds. The number of rotatable bonds is 2. The van der Waals surface area contributed by atoms with Gasteiger partial charge in [0.15, 0.2) is 0 Å². The Bertz CT molecular complexity index is 136. The average Bonchev–Trinajstić information content (AvgIpc) is 2.34. The molecule has 1 aliphatic heterocycles. The van der Waals surface area contributed by atoms with Gasteiger partial charge in [0.05, 0.1) is 0 Å². The molecule has 0 radical (unpaired) electrons. The van der Waals surface area contributed by atoms with E-state index in [2.05, 4.69) is 12.2 Å². The van der Waals surface area contributed by atoms with Crippen LogP contribution in [-0.4, -0.2) is 23.2 Å². The van der Waals surface area contributed by atoms with Gasteiger partial charge in [-0.2, -0.15) is 0 Å². The Hall–Kier alpha value is -0.570. The molecule has 0 aromatic carbocycles. The first-order chi connectivity index (χ1) is 4.74. The van der Waals surface area contributed by atoms with Crippen molar-refractivity contribution in [2.45, 2.75) is 38.3 Å². The zero-order chi connectivity index (χ0) is 7.56. The summed E-state index contributed by atoms with van der Waals surface area (Å²) >= 11 is 0. The average molecular weight is 143 g/mol. The fourth-order valence-corrected chi connectivity index (χ4v) is 1.34. The largest absolute Gasteiger partial charge is 0.480 e. The molecule has 0 spiro atoms. The molecule has 3 nitrogen and oxygen atoms in total. The lowest BCUT2D eigenvalue weighted by Gasteiger charge is -2.07. The third-order valence-electron chi connectivity index (χ3n) is 2.03. The van der Waals surface area contributed by atoms with Crippen molar-refractivity contribution in [3.05, 3.63) is 0 Å². The summed E-state index contributed by atoms with van der Waals surface area (Å²) in [7, 11) is 0. The summed E-state index contributed by atoms with van der Waals surface area (Å²) in [5, 5.41) is 11.6. The van der Waals surface area contributed by atoms with Gasteiger partial charge in [-0.25, -0.2) is 0 Å². The predicted octanol–water partition coefficient (Wildman–Crippen LogP) is 0.602. The molecule has 0 aliphatic carbocycles.